The van der Waals surface area contributed by atoms with Crippen LogP contribution in [0.1, 0.15) is 43.0 Å². The Morgan fingerprint density at radius 1 is 0.500 bits per heavy atom. The zero-order valence-electron chi connectivity index (χ0n) is 29.4. The molecule has 0 aliphatic carbocycles. The Labute approximate surface area is 307 Å². The standard InChI is InChI=1S/C38H32N2O14/c1-21-15-25(5-7-27(21)49-19-51-35(45)17-39-31(41)11-12-32(39)42)37(47)53-29-9-10-30(24(4)23(29)3)54-38(48)26-6-8-28(22(2)16-26)50-20-52-36(46)18-40-33(43)13-14-34(40)44/h5-16H,17-20H2,1-4H3. The van der Waals surface area contributed by atoms with Crippen LogP contribution in [0.5, 0.6) is 23.0 Å². The third-order valence-corrected chi connectivity index (χ3v) is 8.16. The topological polar surface area (TPSA) is 198 Å². The third kappa shape index (κ3) is 9.03. The zero-order chi connectivity index (χ0) is 39.1. The Kier molecular flexibility index (Phi) is 11.6. The minimum atomic E-state index is -0.840. The van der Waals surface area contributed by atoms with Crippen LogP contribution in [-0.2, 0) is 38.2 Å². The quantitative estimate of drug-likeness (QED) is 0.101. The Balaban J connectivity index is 1.10. The minimum Gasteiger partial charge on any atom is -0.457 e. The van der Waals surface area contributed by atoms with Crippen molar-refractivity contribution < 1.29 is 66.8 Å². The van der Waals surface area contributed by atoms with E-state index in [0.717, 1.165) is 34.1 Å². The van der Waals surface area contributed by atoms with E-state index >= 15 is 0 Å². The highest BCUT2D eigenvalue weighted by atomic mass is 16.7. The number of imide groups is 2. The number of esters is 4. The average molecular weight is 741 g/mol. The Hall–Kier alpha value is -7.10. The van der Waals surface area contributed by atoms with Gasteiger partial charge in [0.1, 0.15) is 36.1 Å². The summed E-state index contributed by atoms with van der Waals surface area (Å²) in [5.74, 6) is -4.36. The van der Waals surface area contributed by atoms with E-state index in [9.17, 15) is 38.4 Å². The number of hydrogen-bond acceptors (Lipinski definition) is 14. The van der Waals surface area contributed by atoms with Crippen molar-refractivity contribution in [1.82, 2.24) is 9.80 Å². The van der Waals surface area contributed by atoms with Gasteiger partial charge in [-0.2, -0.15) is 0 Å². The molecule has 16 heteroatoms. The van der Waals surface area contributed by atoms with Gasteiger partial charge < -0.3 is 28.4 Å². The maximum absolute atomic E-state index is 13.0. The smallest absolute Gasteiger partial charge is 0.343 e. The Bertz CT molecular complexity index is 1960. The van der Waals surface area contributed by atoms with Gasteiger partial charge in [-0.25, -0.2) is 9.59 Å². The monoisotopic (exact) mass is 740 g/mol. The number of nitrogens with zero attached hydrogens (tertiary/aromatic N) is 2. The first-order valence-corrected chi connectivity index (χ1v) is 16.1. The van der Waals surface area contributed by atoms with E-state index < -0.39 is 74.2 Å². The van der Waals surface area contributed by atoms with Crippen molar-refractivity contribution in [3.63, 3.8) is 0 Å². The maximum Gasteiger partial charge on any atom is 0.343 e. The molecule has 16 nitrogen and oxygen atoms in total. The zero-order valence-corrected chi connectivity index (χ0v) is 29.4. The highest BCUT2D eigenvalue weighted by Crippen LogP contribution is 2.31. The van der Waals surface area contributed by atoms with E-state index in [0.29, 0.717) is 33.8 Å². The van der Waals surface area contributed by atoms with Crippen molar-refractivity contribution in [2.75, 3.05) is 26.7 Å². The van der Waals surface area contributed by atoms with Gasteiger partial charge in [0.25, 0.3) is 23.6 Å². The first-order chi connectivity index (χ1) is 25.7. The second-order valence-electron chi connectivity index (χ2n) is 11.8. The molecule has 54 heavy (non-hydrogen) atoms. The van der Waals surface area contributed by atoms with Crippen molar-refractivity contribution in [3.8, 4) is 23.0 Å². The lowest BCUT2D eigenvalue weighted by Crippen LogP contribution is -2.36. The second-order valence-corrected chi connectivity index (χ2v) is 11.8. The van der Waals surface area contributed by atoms with Crippen LogP contribution < -0.4 is 18.9 Å². The molecule has 278 valence electrons. The van der Waals surface area contributed by atoms with Crippen LogP contribution in [0.3, 0.4) is 0 Å². The summed E-state index contributed by atoms with van der Waals surface area (Å²) in [5, 5.41) is 0. The summed E-state index contributed by atoms with van der Waals surface area (Å²) in [7, 11) is 0. The molecule has 0 radical (unpaired) electrons. The second kappa shape index (κ2) is 16.5. The number of carbonyl (C=O) groups excluding carboxylic acids is 8. The van der Waals surface area contributed by atoms with Crippen LogP contribution in [0.15, 0.2) is 72.8 Å². The first kappa shape index (κ1) is 38.1. The van der Waals surface area contributed by atoms with Crippen molar-refractivity contribution in [2.24, 2.45) is 0 Å². The van der Waals surface area contributed by atoms with Gasteiger partial charge in [0, 0.05) is 24.3 Å². The normalized spacial score (nSPS) is 13.3. The highest BCUT2D eigenvalue weighted by Gasteiger charge is 2.27. The van der Waals surface area contributed by atoms with Crippen LogP contribution in [-0.4, -0.2) is 84.0 Å². The number of amides is 4. The molecule has 0 saturated heterocycles. The molecule has 5 rings (SSSR count). The first-order valence-electron chi connectivity index (χ1n) is 16.1. The van der Waals surface area contributed by atoms with Crippen molar-refractivity contribution in [3.05, 3.63) is 106 Å². The molecule has 3 aromatic rings. The predicted octanol–water partition coefficient (Wildman–Crippen LogP) is 2.97. The molecule has 0 bridgehead atoms. The lowest BCUT2D eigenvalue weighted by Gasteiger charge is -2.15. The van der Waals surface area contributed by atoms with Crippen molar-refractivity contribution in [1.29, 1.82) is 0 Å². The molecule has 0 spiro atoms. The number of benzene rings is 3. The van der Waals surface area contributed by atoms with E-state index in [4.69, 9.17) is 28.4 Å². The molecule has 2 aliphatic rings. The lowest BCUT2D eigenvalue weighted by atomic mass is 10.1. The average Bonchev–Trinajstić information content (AvgIpc) is 3.62. The van der Waals surface area contributed by atoms with E-state index in [1.165, 1.54) is 48.5 Å². The number of rotatable bonds is 14. The van der Waals surface area contributed by atoms with Gasteiger partial charge in [-0.05, 0) is 98.5 Å². The van der Waals surface area contributed by atoms with Crippen molar-refractivity contribution in [2.45, 2.75) is 27.7 Å². The molecule has 4 amide bonds. The Morgan fingerprint density at radius 3 is 1.17 bits per heavy atom. The summed E-state index contributed by atoms with van der Waals surface area (Å²) < 4.78 is 32.1. The fourth-order valence-corrected chi connectivity index (χ4v) is 5.03. The fraction of sp³-hybridized carbons (Fsp3) is 0.211. The van der Waals surface area contributed by atoms with Crippen LogP contribution in [0, 0.1) is 27.7 Å². The Morgan fingerprint density at radius 2 is 0.833 bits per heavy atom. The van der Waals surface area contributed by atoms with Gasteiger partial charge in [-0.1, -0.05) is 0 Å². The summed E-state index contributed by atoms with van der Waals surface area (Å²) in [6.45, 7) is 4.66. The molecule has 0 atom stereocenters. The maximum atomic E-state index is 13.0. The van der Waals surface area contributed by atoms with E-state index in [1.54, 1.807) is 27.7 Å². The van der Waals surface area contributed by atoms with Crippen molar-refractivity contribution >= 4 is 47.5 Å². The number of carbonyl (C=O) groups is 8. The number of ether oxygens (including phenoxy) is 6. The summed E-state index contributed by atoms with van der Waals surface area (Å²) in [6, 6.07) is 12.0. The van der Waals surface area contributed by atoms with Gasteiger partial charge >= 0.3 is 23.9 Å². The molecule has 2 heterocycles. The summed E-state index contributed by atoms with van der Waals surface area (Å²) >= 11 is 0. The van der Waals surface area contributed by atoms with Crippen LogP contribution in [0.2, 0.25) is 0 Å². The molecule has 0 fully saturated rings. The van der Waals surface area contributed by atoms with Gasteiger partial charge in [-0.15, -0.1) is 0 Å². The number of hydrogen-bond donors (Lipinski definition) is 0. The third-order valence-electron chi connectivity index (χ3n) is 8.16. The molecular weight excluding hydrogens is 708 g/mol. The van der Waals surface area contributed by atoms with Gasteiger partial charge in [0.2, 0.25) is 13.6 Å². The van der Waals surface area contributed by atoms with E-state index in [-0.39, 0.29) is 22.6 Å². The predicted molar refractivity (Wildman–Crippen MR) is 183 cm³/mol. The van der Waals surface area contributed by atoms with Gasteiger partial charge in [0.05, 0.1) is 11.1 Å². The van der Waals surface area contributed by atoms with Crippen LogP contribution in [0.4, 0.5) is 0 Å². The fourth-order valence-electron chi connectivity index (χ4n) is 5.03. The molecular formula is C38H32N2O14. The van der Waals surface area contributed by atoms with Gasteiger partial charge in [-0.3, -0.25) is 38.6 Å². The highest BCUT2D eigenvalue weighted by molar-refractivity contribution is 6.14. The van der Waals surface area contributed by atoms with E-state index in [1.807, 2.05) is 0 Å². The SMILES string of the molecule is Cc1cc(C(=O)Oc2ccc(OC(=O)c3ccc(OCOC(=O)CN4C(=O)C=CC4=O)c(C)c3)c(C)c2C)ccc1OCOC(=O)CN1C(=O)C=CC1=O. The molecule has 0 N–H and O–H groups in total. The summed E-state index contributed by atoms with van der Waals surface area (Å²) in [4.78, 5) is 97.9. The molecule has 2 aliphatic heterocycles. The van der Waals surface area contributed by atoms with Crippen LogP contribution in [0.25, 0.3) is 0 Å². The van der Waals surface area contributed by atoms with E-state index in [2.05, 4.69) is 0 Å². The minimum absolute atomic E-state index is 0.205. The molecule has 0 unspecified atom stereocenters. The molecule has 0 saturated carbocycles. The molecule has 0 aromatic heterocycles. The van der Waals surface area contributed by atoms with Gasteiger partial charge in [0.15, 0.2) is 0 Å². The van der Waals surface area contributed by atoms with Crippen LogP contribution >= 0.6 is 0 Å². The lowest BCUT2D eigenvalue weighted by molar-refractivity contribution is -0.156. The molecule has 3 aromatic carbocycles. The number of aryl methyl sites for hydroxylation is 2. The largest absolute Gasteiger partial charge is 0.457 e. The summed E-state index contributed by atoms with van der Waals surface area (Å²) in [6.07, 6.45) is 4.22. The summed E-state index contributed by atoms with van der Waals surface area (Å²) in [5.41, 5.74) is 2.57.